The second kappa shape index (κ2) is 4.47. The highest BCUT2D eigenvalue weighted by Gasteiger charge is 2.15. The van der Waals surface area contributed by atoms with E-state index in [0.717, 1.165) is 36.0 Å². The molecule has 1 aliphatic carbocycles. The Bertz CT molecular complexity index is 451. The summed E-state index contributed by atoms with van der Waals surface area (Å²) in [4.78, 5) is 11.3. The third-order valence-electron chi connectivity index (χ3n) is 2.86. The SMILES string of the molecule is CNC(=O)/C=C1\CCCc2ccc(F)cc21. The van der Waals surface area contributed by atoms with Crippen LogP contribution in [0.3, 0.4) is 0 Å². The molecule has 16 heavy (non-hydrogen) atoms. The van der Waals surface area contributed by atoms with Gasteiger partial charge in [0.05, 0.1) is 0 Å². The molecule has 3 heteroatoms. The lowest BCUT2D eigenvalue weighted by Crippen LogP contribution is -2.15. The van der Waals surface area contributed by atoms with Crippen molar-refractivity contribution in [3.05, 3.63) is 41.2 Å². The molecule has 1 N–H and O–H groups in total. The van der Waals surface area contributed by atoms with Gasteiger partial charge < -0.3 is 5.32 Å². The van der Waals surface area contributed by atoms with Crippen molar-refractivity contribution in [3.8, 4) is 0 Å². The topological polar surface area (TPSA) is 29.1 Å². The Hall–Kier alpha value is -1.64. The van der Waals surface area contributed by atoms with Crippen LogP contribution in [0.4, 0.5) is 4.39 Å². The first-order valence-electron chi connectivity index (χ1n) is 5.42. The van der Waals surface area contributed by atoms with Gasteiger partial charge in [-0.25, -0.2) is 4.39 Å². The Labute approximate surface area is 94.2 Å². The number of amides is 1. The summed E-state index contributed by atoms with van der Waals surface area (Å²) in [6.45, 7) is 0. The molecule has 0 atom stereocenters. The highest BCUT2D eigenvalue weighted by Crippen LogP contribution is 2.30. The van der Waals surface area contributed by atoms with Crippen LogP contribution in [0.25, 0.3) is 5.57 Å². The molecule has 0 bridgehead atoms. The quantitative estimate of drug-likeness (QED) is 0.721. The summed E-state index contributed by atoms with van der Waals surface area (Å²) in [6.07, 6.45) is 4.38. The molecule has 84 valence electrons. The number of nitrogens with one attached hydrogen (secondary N) is 1. The second-order valence-corrected chi connectivity index (χ2v) is 3.94. The zero-order valence-electron chi connectivity index (χ0n) is 9.22. The lowest BCUT2D eigenvalue weighted by atomic mass is 9.87. The van der Waals surface area contributed by atoms with Gasteiger partial charge in [0.2, 0.25) is 5.91 Å². The van der Waals surface area contributed by atoms with Crippen LogP contribution < -0.4 is 5.32 Å². The fourth-order valence-electron chi connectivity index (χ4n) is 2.05. The fourth-order valence-corrected chi connectivity index (χ4v) is 2.05. The maximum Gasteiger partial charge on any atom is 0.244 e. The van der Waals surface area contributed by atoms with Crippen molar-refractivity contribution >= 4 is 11.5 Å². The minimum atomic E-state index is -0.247. The number of likely N-dealkylation sites (N-methyl/N-ethyl adjacent to an activating group) is 1. The summed E-state index contributed by atoms with van der Waals surface area (Å²) in [5.74, 6) is -0.379. The largest absolute Gasteiger partial charge is 0.356 e. The van der Waals surface area contributed by atoms with E-state index in [0.29, 0.717) is 0 Å². The van der Waals surface area contributed by atoms with Gasteiger partial charge in [0, 0.05) is 13.1 Å². The first kappa shape index (κ1) is 10.9. The first-order chi connectivity index (χ1) is 7.70. The van der Waals surface area contributed by atoms with Crippen LogP contribution in [0.5, 0.6) is 0 Å². The maximum absolute atomic E-state index is 13.2. The predicted octanol–water partition coefficient (Wildman–Crippen LogP) is 2.29. The van der Waals surface area contributed by atoms with Crippen LogP contribution in [0, 0.1) is 5.82 Å². The Balaban J connectivity index is 2.43. The Kier molecular flexibility index (Phi) is 3.04. The molecule has 1 aliphatic rings. The first-order valence-corrected chi connectivity index (χ1v) is 5.42. The van der Waals surface area contributed by atoms with E-state index in [2.05, 4.69) is 5.32 Å². The summed E-state index contributed by atoms with van der Waals surface area (Å²) < 4.78 is 13.2. The zero-order valence-corrected chi connectivity index (χ0v) is 9.22. The smallest absolute Gasteiger partial charge is 0.244 e. The zero-order chi connectivity index (χ0) is 11.5. The third-order valence-corrected chi connectivity index (χ3v) is 2.86. The third kappa shape index (κ3) is 2.13. The number of hydrogen-bond acceptors (Lipinski definition) is 1. The van der Waals surface area contributed by atoms with Crippen molar-refractivity contribution in [2.24, 2.45) is 0 Å². The Morgan fingerprint density at radius 2 is 2.25 bits per heavy atom. The molecule has 2 rings (SSSR count). The Morgan fingerprint density at radius 3 is 3.00 bits per heavy atom. The lowest BCUT2D eigenvalue weighted by molar-refractivity contribution is -0.116. The molecule has 0 aromatic heterocycles. The van der Waals surface area contributed by atoms with Gasteiger partial charge in [-0.05, 0) is 48.1 Å². The molecule has 0 spiro atoms. The molecule has 0 saturated carbocycles. The molecule has 1 aromatic carbocycles. The molecule has 0 aliphatic heterocycles. The van der Waals surface area contributed by atoms with Gasteiger partial charge in [0.1, 0.15) is 5.82 Å². The summed E-state index contributed by atoms with van der Waals surface area (Å²) in [7, 11) is 1.59. The van der Waals surface area contributed by atoms with Crippen LogP contribution in [0.15, 0.2) is 24.3 Å². The number of halogens is 1. The van der Waals surface area contributed by atoms with E-state index < -0.39 is 0 Å². The van der Waals surface area contributed by atoms with Crippen LogP contribution in [0.1, 0.15) is 24.0 Å². The van der Waals surface area contributed by atoms with Crippen LogP contribution in [0.2, 0.25) is 0 Å². The Morgan fingerprint density at radius 1 is 1.44 bits per heavy atom. The van der Waals surface area contributed by atoms with Gasteiger partial charge >= 0.3 is 0 Å². The normalized spacial score (nSPS) is 17.0. The number of aryl methyl sites for hydroxylation is 1. The van der Waals surface area contributed by atoms with Crippen LogP contribution in [-0.2, 0) is 11.2 Å². The summed E-state index contributed by atoms with van der Waals surface area (Å²) in [6, 6.07) is 4.80. The fraction of sp³-hybridized carbons (Fsp3) is 0.308. The van der Waals surface area contributed by atoms with E-state index in [-0.39, 0.29) is 11.7 Å². The van der Waals surface area contributed by atoms with Gasteiger partial charge in [0.15, 0.2) is 0 Å². The van der Waals surface area contributed by atoms with Crippen molar-refractivity contribution in [2.45, 2.75) is 19.3 Å². The van der Waals surface area contributed by atoms with Crippen LogP contribution in [-0.4, -0.2) is 13.0 Å². The molecule has 2 nitrogen and oxygen atoms in total. The minimum absolute atomic E-state index is 0.132. The number of benzene rings is 1. The summed E-state index contributed by atoms with van der Waals surface area (Å²) in [5, 5.41) is 2.55. The van der Waals surface area contributed by atoms with Gasteiger partial charge in [0.25, 0.3) is 0 Å². The number of fused-ring (bicyclic) bond motifs is 1. The van der Waals surface area contributed by atoms with Crippen molar-refractivity contribution in [1.29, 1.82) is 0 Å². The average Bonchev–Trinajstić information content (AvgIpc) is 2.29. The number of carbonyl (C=O) groups is 1. The molecule has 0 heterocycles. The molecular formula is C13H14FNO. The van der Waals surface area contributed by atoms with E-state index >= 15 is 0 Å². The maximum atomic E-state index is 13.2. The van der Waals surface area contributed by atoms with Gasteiger partial charge in [-0.1, -0.05) is 6.07 Å². The average molecular weight is 219 g/mol. The van der Waals surface area contributed by atoms with Crippen LogP contribution >= 0.6 is 0 Å². The van der Waals surface area contributed by atoms with Gasteiger partial charge in [-0.15, -0.1) is 0 Å². The molecule has 0 radical (unpaired) electrons. The standard InChI is InChI=1S/C13H14FNO/c1-15-13(16)7-10-4-2-3-9-5-6-11(14)8-12(9)10/h5-8H,2-4H2,1H3,(H,15,16)/b10-7+. The van der Waals surface area contributed by atoms with E-state index in [4.69, 9.17) is 0 Å². The highest BCUT2D eigenvalue weighted by atomic mass is 19.1. The molecule has 1 amide bonds. The van der Waals surface area contributed by atoms with Crippen molar-refractivity contribution in [2.75, 3.05) is 7.05 Å². The van der Waals surface area contributed by atoms with E-state index in [1.54, 1.807) is 13.1 Å². The number of hydrogen-bond donors (Lipinski definition) is 1. The van der Waals surface area contributed by atoms with E-state index in [9.17, 15) is 9.18 Å². The minimum Gasteiger partial charge on any atom is -0.356 e. The van der Waals surface area contributed by atoms with Crippen molar-refractivity contribution in [1.82, 2.24) is 5.32 Å². The monoisotopic (exact) mass is 219 g/mol. The molecule has 0 fully saturated rings. The predicted molar refractivity (Wildman–Crippen MR) is 61.4 cm³/mol. The molecule has 1 aromatic rings. The number of allylic oxidation sites excluding steroid dienone is 1. The second-order valence-electron chi connectivity index (χ2n) is 3.94. The molecular weight excluding hydrogens is 205 g/mol. The van der Waals surface area contributed by atoms with Crippen molar-refractivity contribution in [3.63, 3.8) is 0 Å². The van der Waals surface area contributed by atoms with Crippen molar-refractivity contribution < 1.29 is 9.18 Å². The van der Waals surface area contributed by atoms with Gasteiger partial charge in [-0.3, -0.25) is 4.79 Å². The van der Waals surface area contributed by atoms with E-state index in [1.807, 2.05) is 6.07 Å². The lowest BCUT2D eigenvalue weighted by Gasteiger charge is -2.18. The number of carbonyl (C=O) groups excluding carboxylic acids is 1. The number of rotatable bonds is 1. The highest BCUT2D eigenvalue weighted by molar-refractivity contribution is 5.95. The summed E-state index contributed by atoms with van der Waals surface area (Å²) >= 11 is 0. The van der Waals surface area contributed by atoms with Gasteiger partial charge in [-0.2, -0.15) is 0 Å². The van der Waals surface area contributed by atoms with E-state index in [1.165, 1.54) is 12.1 Å². The molecule has 0 saturated heterocycles. The summed E-state index contributed by atoms with van der Waals surface area (Å²) in [5.41, 5.74) is 2.94. The molecule has 0 unspecified atom stereocenters.